The first-order chi connectivity index (χ1) is 9.76. The highest BCUT2D eigenvalue weighted by Gasteiger charge is 2.27. The quantitative estimate of drug-likeness (QED) is 0.726. The molecule has 126 valence electrons. The largest absolute Gasteiger partial charge is 0.373 e. The molecule has 7 heteroatoms. The molecule has 1 fully saturated rings. The van der Waals surface area contributed by atoms with Gasteiger partial charge in [-0.05, 0) is 27.2 Å². The Balaban J connectivity index is 2.46. The maximum atomic E-state index is 12.1. The predicted octanol–water partition coefficient (Wildman–Crippen LogP) is 1.05. The highest BCUT2D eigenvalue weighted by Crippen LogP contribution is 2.13. The summed E-state index contributed by atoms with van der Waals surface area (Å²) in [5.74, 6) is 0. The number of nitrogens with one attached hydrogen (secondary N) is 1. The summed E-state index contributed by atoms with van der Waals surface area (Å²) < 4.78 is 34.1. The third-order valence-corrected chi connectivity index (χ3v) is 5.40. The number of hydrogen-bond acceptors (Lipinski definition) is 4. The second-order valence-electron chi connectivity index (χ2n) is 6.09. The molecule has 3 atom stereocenters. The fraction of sp³-hybridized carbons (Fsp3) is 1.00. The van der Waals surface area contributed by atoms with Gasteiger partial charge in [0.1, 0.15) is 0 Å². The molecule has 21 heavy (non-hydrogen) atoms. The van der Waals surface area contributed by atoms with Gasteiger partial charge in [0.05, 0.1) is 12.2 Å². The molecule has 6 nitrogen and oxygen atoms in total. The number of hydrogen-bond donors (Lipinski definition) is 1. The van der Waals surface area contributed by atoms with Gasteiger partial charge in [0.25, 0.3) is 10.2 Å². The Kier molecular flexibility index (Phi) is 7.56. The Morgan fingerprint density at radius 2 is 1.90 bits per heavy atom. The molecule has 1 rings (SSSR count). The zero-order chi connectivity index (χ0) is 16.0. The Bertz CT molecular complexity index is 392. The zero-order valence-electron chi connectivity index (χ0n) is 14.0. The lowest BCUT2D eigenvalue weighted by molar-refractivity contribution is -0.0776. The van der Waals surface area contributed by atoms with Gasteiger partial charge in [0.15, 0.2) is 0 Å². The van der Waals surface area contributed by atoms with E-state index in [-0.39, 0.29) is 18.2 Å². The summed E-state index contributed by atoms with van der Waals surface area (Å²) in [6.07, 6.45) is 2.26. The number of morpholine rings is 1. The molecule has 0 unspecified atom stereocenters. The SMILES string of the molecule is CCCCN(C)S(=O)(=O)NC[C@@H](C)N1C[C@@H](C)O[C@@H](C)C1. The molecule has 0 aromatic heterocycles. The summed E-state index contributed by atoms with van der Waals surface area (Å²) in [6.45, 7) is 10.9. The van der Waals surface area contributed by atoms with E-state index in [4.69, 9.17) is 4.74 Å². The maximum Gasteiger partial charge on any atom is 0.279 e. The lowest BCUT2D eigenvalue weighted by Crippen LogP contribution is -2.53. The molecular weight excluding hydrogens is 290 g/mol. The van der Waals surface area contributed by atoms with Crippen LogP contribution in [0.3, 0.4) is 0 Å². The smallest absolute Gasteiger partial charge is 0.279 e. The van der Waals surface area contributed by atoms with E-state index in [9.17, 15) is 8.42 Å². The Labute approximate surface area is 130 Å². The van der Waals surface area contributed by atoms with Crippen LogP contribution in [-0.4, -0.2) is 69.1 Å². The van der Waals surface area contributed by atoms with Gasteiger partial charge in [-0.3, -0.25) is 4.90 Å². The number of nitrogens with zero attached hydrogens (tertiary/aromatic N) is 2. The molecule has 0 aromatic rings. The van der Waals surface area contributed by atoms with Crippen molar-refractivity contribution in [3.05, 3.63) is 0 Å². The summed E-state index contributed by atoms with van der Waals surface area (Å²) in [4.78, 5) is 2.29. The fourth-order valence-corrected chi connectivity index (χ4v) is 3.59. The van der Waals surface area contributed by atoms with Crippen molar-refractivity contribution in [2.75, 3.05) is 33.2 Å². The van der Waals surface area contributed by atoms with Gasteiger partial charge in [0.2, 0.25) is 0 Å². The molecule has 0 saturated carbocycles. The minimum atomic E-state index is -3.37. The first kappa shape index (κ1) is 18.8. The van der Waals surface area contributed by atoms with Gasteiger partial charge >= 0.3 is 0 Å². The average molecular weight is 321 g/mol. The minimum absolute atomic E-state index is 0.160. The van der Waals surface area contributed by atoms with Crippen LogP contribution in [0.2, 0.25) is 0 Å². The van der Waals surface area contributed by atoms with Crippen LogP contribution >= 0.6 is 0 Å². The van der Waals surface area contributed by atoms with E-state index in [1.807, 2.05) is 0 Å². The second-order valence-corrected chi connectivity index (χ2v) is 7.95. The molecule has 1 aliphatic heterocycles. The minimum Gasteiger partial charge on any atom is -0.373 e. The molecule has 0 amide bonds. The normalized spacial score (nSPS) is 26.2. The van der Waals surface area contributed by atoms with Crippen LogP contribution in [0.4, 0.5) is 0 Å². The van der Waals surface area contributed by atoms with E-state index < -0.39 is 10.2 Å². The average Bonchev–Trinajstić information content (AvgIpc) is 2.41. The van der Waals surface area contributed by atoms with Gasteiger partial charge < -0.3 is 4.74 Å². The fourth-order valence-electron chi connectivity index (χ4n) is 2.54. The summed E-state index contributed by atoms with van der Waals surface area (Å²) >= 11 is 0. The molecule has 0 bridgehead atoms. The van der Waals surface area contributed by atoms with Gasteiger partial charge in [-0.1, -0.05) is 13.3 Å². The lowest BCUT2D eigenvalue weighted by Gasteiger charge is -2.39. The monoisotopic (exact) mass is 321 g/mol. The molecule has 1 N–H and O–H groups in total. The highest BCUT2D eigenvalue weighted by molar-refractivity contribution is 7.87. The van der Waals surface area contributed by atoms with Crippen molar-refractivity contribution in [2.24, 2.45) is 0 Å². The van der Waals surface area contributed by atoms with Gasteiger partial charge in [-0.15, -0.1) is 0 Å². The van der Waals surface area contributed by atoms with Crippen LogP contribution in [0.15, 0.2) is 0 Å². The molecule has 1 aliphatic rings. The zero-order valence-corrected chi connectivity index (χ0v) is 14.8. The maximum absolute atomic E-state index is 12.1. The predicted molar refractivity (Wildman–Crippen MR) is 85.5 cm³/mol. The van der Waals surface area contributed by atoms with E-state index in [2.05, 4.69) is 37.3 Å². The second kappa shape index (κ2) is 8.43. The Morgan fingerprint density at radius 3 is 2.43 bits per heavy atom. The number of unbranched alkanes of at least 4 members (excludes halogenated alkanes) is 1. The van der Waals surface area contributed by atoms with Crippen molar-refractivity contribution in [2.45, 2.75) is 58.8 Å². The highest BCUT2D eigenvalue weighted by atomic mass is 32.2. The number of rotatable bonds is 8. The number of ether oxygens (including phenoxy) is 1. The molecule has 0 radical (unpaired) electrons. The van der Waals surface area contributed by atoms with Crippen molar-refractivity contribution in [3.63, 3.8) is 0 Å². The van der Waals surface area contributed by atoms with Crippen LogP contribution in [0, 0.1) is 0 Å². The van der Waals surface area contributed by atoms with Crippen LogP contribution in [0.25, 0.3) is 0 Å². The lowest BCUT2D eigenvalue weighted by atomic mass is 10.2. The van der Waals surface area contributed by atoms with Crippen LogP contribution in [0.5, 0.6) is 0 Å². The third-order valence-electron chi connectivity index (χ3n) is 3.87. The standard InChI is InChI=1S/C14H31N3O3S/c1-6-7-8-16(5)21(18,19)15-9-12(2)17-10-13(3)20-14(4)11-17/h12-15H,6-11H2,1-5H3/t12-,13-,14+/m1/s1. The van der Waals surface area contributed by atoms with E-state index in [1.165, 1.54) is 4.31 Å². The topological polar surface area (TPSA) is 61.9 Å². The van der Waals surface area contributed by atoms with Crippen LogP contribution in [0.1, 0.15) is 40.5 Å². The van der Waals surface area contributed by atoms with Crippen LogP contribution in [-0.2, 0) is 14.9 Å². The van der Waals surface area contributed by atoms with Crippen molar-refractivity contribution < 1.29 is 13.2 Å². The van der Waals surface area contributed by atoms with Crippen molar-refractivity contribution in [1.29, 1.82) is 0 Å². The van der Waals surface area contributed by atoms with Gasteiger partial charge in [-0.25, -0.2) is 4.72 Å². The molecule has 1 saturated heterocycles. The third kappa shape index (κ3) is 6.20. The van der Waals surface area contributed by atoms with Crippen molar-refractivity contribution in [1.82, 2.24) is 13.9 Å². The van der Waals surface area contributed by atoms with Crippen molar-refractivity contribution in [3.8, 4) is 0 Å². The van der Waals surface area contributed by atoms with Gasteiger partial charge in [0, 0.05) is 39.3 Å². The molecular formula is C14H31N3O3S. The molecule has 0 aliphatic carbocycles. The first-order valence-electron chi connectivity index (χ1n) is 7.86. The summed E-state index contributed by atoms with van der Waals surface area (Å²) in [6, 6.07) is 0.160. The van der Waals surface area contributed by atoms with E-state index >= 15 is 0 Å². The Hall–Kier alpha value is -0.210. The summed E-state index contributed by atoms with van der Waals surface area (Å²) in [5, 5.41) is 0. The Morgan fingerprint density at radius 1 is 1.33 bits per heavy atom. The molecule has 0 aromatic carbocycles. The summed E-state index contributed by atoms with van der Waals surface area (Å²) in [7, 11) is -1.74. The first-order valence-corrected chi connectivity index (χ1v) is 9.30. The van der Waals surface area contributed by atoms with Crippen LogP contribution < -0.4 is 4.72 Å². The van der Waals surface area contributed by atoms with E-state index in [1.54, 1.807) is 7.05 Å². The van der Waals surface area contributed by atoms with E-state index in [0.717, 1.165) is 25.9 Å². The molecule has 0 spiro atoms. The van der Waals surface area contributed by atoms with Gasteiger partial charge in [-0.2, -0.15) is 12.7 Å². The van der Waals surface area contributed by atoms with E-state index in [0.29, 0.717) is 13.1 Å². The summed E-state index contributed by atoms with van der Waals surface area (Å²) in [5.41, 5.74) is 0. The van der Waals surface area contributed by atoms with Crippen molar-refractivity contribution >= 4 is 10.2 Å². The molecule has 1 heterocycles.